The van der Waals surface area contributed by atoms with Crippen LogP contribution in [0.25, 0.3) is 0 Å². The van der Waals surface area contributed by atoms with Crippen molar-refractivity contribution in [1.29, 1.82) is 0 Å². The van der Waals surface area contributed by atoms with Crippen molar-refractivity contribution in [2.24, 2.45) is 23.2 Å². The molecule has 1 fully saturated rings. The van der Waals surface area contributed by atoms with E-state index in [0.717, 1.165) is 24.3 Å². The maximum atomic E-state index is 3.66. The van der Waals surface area contributed by atoms with Gasteiger partial charge in [0.15, 0.2) is 0 Å². The van der Waals surface area contributed by atoms with Crippen LogP contribution in [0.5, 0.6) is 0 Å². The first kappa shape index (κ1) is 20.1. The Balaban J connectivity index is 1.46. The summed E-state index contributed by atoms with van der Waals surface area (Å²) < 4.78 is 0. The fraction of sp³-hybridized carbons (Fsp3) is 0.833. The van der Waals surface area contributed by atoms with Gasteiger partial charge < -0.3 is 10.6 Å². The summed E-state index contributed by atoms with van der Waals surface area (Å²) in [5, 5.41) is 7.19. The van der Waals surface area contributed by atoms with Crippen molar-refractivity contribution in [2.45, 2.75) is 85.1 Å². The minimum atomic E-state index is 0.646. The first-order valence-corrected chi connectivity index (χ1v) is 11.3. The molecule has 1 aliphatic carbocycles. The predicted octanol–water partition coefficient (Wildman–Crippen LogP) is 5.46. The van der Waals surface area contributed by atoms with Gasteiger partial charge >= 0.3 is 0 Å². The van der Waals surface area contributed by atoms with Gasteiger partial charge in [-0.25, -0.2) is 0 Å². The molecule has 2 nitrogen and oxygen atoms in total. The lowest BCUT2D eigenvalue weighted by molar-refractivity contribution is 0.176. The largest absolute Gasteiger partial charge is 0.317 e. The molecule has 0 amide bonds. The van der Waals surface area contributed by atoms with Gasteiger partial charge in [-0.1, -0.05) is 51.0 Å². The number of rotatable bonds is 6. The molecule has 2 aliphatic heterocycles. The van der Waals surface area contributed by atoms with E-state index in [4.69, 9.17) is 0 Å². The van der Waals surface area contributed by atoms with Crippen LogP contribution in [0.1, 0.15) is 79.1 Å². The van der Waals surface area contributed by atoms with Crippen molar-refractivity contribution in [2.75, 3.05) is 19.6 Å². The highest BCUT2D eigenvalue weighted by Crippen LogP contribution is 2.44. The van der Waals surface area contributed by atoms with Crippen LogP contribution in [0.3, 0.4) is 0 Å². The van der Waals surface area contributed by atoms with Crippen LogP contribution in [0.4, 0.5) is 0 Å². The average molecular weight is 359 g/mol. The third-order valence-corrected chi connectivity index (χ3v) is 7.71. The second-order valence-corrected chi connectivity index (χ2v) is 9.85. The van der Waals surface area contributed by atoms with Crippen LogP contribution >= 0.6 is 0 Å². The number of hydrogen-bond donors (Lipinski definition) is 2. The Morgan fingerprint density at radius 2 is 1.65 bits per heavy atom. The molecule has 26 heavy (non-hydrogen) atoms. The molecule has 3 atom stereocenters. The first-order chi connectivity index (χ1) is 12.5. The second kappa shape index (κ2) is 9.06. The topological polar surface area (TPSA) is 24.1 Å². The summed E-state index contributed by atoms with van der Waals surface area (Å²) in [4.78, 5) is 0. The third kappa shape index (κ3) is 5.01. The van der Waals surface area contributed by atoms with E-state index in [2.05, 4.69) is 50.5 Å². The Morgan fingerprint density at radius 3 is 2.27 bits per heavy atom. The van der Waals surface area contributed by atoms with Crippen molar-refractivity contribution < 1.29 is 0 Å². The zero-order valence-electron chi connectivity index (χ0n) is 17.7. The zero-order valence-corrected chi connectivity index (χ0v) is 17.7. The smallest absolute Gasteiger partial charge is 0.0140 e. The lowest BCUT2D eigenvalue weighted by Crippen LogP contribution is -2.38. The molecule has 0 aromatic rings. The lowest BCUT2D eigenvalue weighted by Gasteiger charge is -2.41. The number of allylic oxidation sites excluding steroid dienone is 2. The molecular formula is C24H42N2. The van der Waals surface area contributed by atoms with Crippen molar-refractivity contribution in [3.63, 3.8) is 0 Å². The number of hydrogen-bond acceptors (Lipinski definition) is 2. The third-order valence-electron chi connectivity index (χ3n) is 7.71. The fourth-order valence-electron chi connectivity index (χ4n) is 5.32. The summed E-state index contributed by atoms with van der Waals surface area (Å²) in [6.07, 6.45) is 16.0. The summed E-state index contributed by atoms with van der Waals surface area (Å²) in [6.45, 7) is 13.2. The maximum Gasteiger partial charge on any atom is 0.0140 e. The van der Waals surface area contributed by atoms with Crippen molar-refractivity contribution in [3.8, 4) is 0 Å². The number of piperidine rings is 1. The van der Waals surface area contributed by atoms with Gasteiger partial charge in [0.25, 0.3) is 0 Å². The van der Waals surface area contributed by atoms with E-state index in [-0.39, 0.29) is 0 Å². The van der Waals surface area contributed by atoms with Crippen LogP contribution in [-0.2, 0) is 0 Å². The van der Waals surface area contributed by atoms with Gasteiger partial charge in [0.05, 0.1) is 0 Å². The molecule has 148 valence electrons. The highest BCUT2D eigenvalue weighted by molar-refractivity contribution is 5.15. The van der Waals surface area contributed by atoms with Crippen LogP contribution in [-0.4, -0.2) is 25.7 Å². The second-order valence-electron chi connectivity index (χ2n) is 9.85. The molecule has 1 saturated heterocycles. The van der Waals surface area contributed by atoms with Gasteiger partial charge in [0, 0.05) is 12.6 Å². The van der Waals surface area contributed by atoms with Crippen molar-refractivity contribution in [1.82, 2.24) is 10.6 Å². The molecule has 0 bridgehead atoms. The summed E-state index contributed by atoms with van der Waals surface area (Å²) in [6, 6.07) is 0.678. The fourth-order valence-corrected chi connectivity index (χ4v) is 5.32. The predicted molar refractivity (Wildman–Crippen MR) is 113 cm³/mol. The van der Waals surface area contributed by atoms with Crippen molar-refractivity contribution >= 4 is 0 Å². The summed E-state index contributed by atoms with van der Waals surface area (Å²) in [5.74, 6) is 2.26. The van der Waals surface area contributed by atoms with Crippen LogP contribution < -0.4 is 10.6 Å². The molecule has 0 saturated carbocycles. The molecule has 3 unspecified atom stereocenters. The minimum absolute atomic E-state index is 0.646. The molecule has 0 radical (unpaired) electrons. The summed E-state index contributed by atoms with van der Waals surface area (Å²) in [5.41, 5.74) is 4.12. The van der Waals surface area contributed by atoms with E-state index in [1.807, 2.05) is 0 Å². The van der Waals surface area contributed by atoms with E-state index >= 15 is 0 Å². The van der Waals surface area contributed by atoms with E-state index < -0.39 is 0 Å². The standard InChI is InChI=1S/C24H42N2/c1-18(2)23-17-22(9-14-26-23)20(4)6-5-19(3)21-7-10-24(11-8-21)12-15-25-16-13-24/h7,9,18-20,23,25-26H,5-6,8,10-17H2,1-4H3. The average Bonchev–Trinajstić information content (AvgIpc) is 2.67. The molecular weight excluding hydrogens is 316 g/mol. The highest BCUT2D eigenvalue weighted by Gasteiger charge is 2.34. The quantitative estimate of drug-likeness (QED) is 0.616. The van der Waals surface area contributed by atoms with E-state index in [0.29, 0.717) is 11.5 Å². The molecule has 2 N–H and O–H groups in total. The van der Waals surface area contributed by atoms with Gasteiger partial charge in [-0.15, -0.1) is 0 Å². The van der Waals surface area contributed by atoms with E-state index in [1.165, 1.54) is 64.5 Å². The summed E-state index contributed by atoms with van der Waals surface area (Å²) in [7, 11) is 0. The monoisotopic (exact) mass is 358 g/mol. The normalized spacial score (nSPS) is 28.6. The molecule has 0 aromatic carbocycles. The summed E-state index contributed by atoms with van der Waals surface area (Å²) >= 11 is 0. The van der Waals surface area contributed by atoms with Gasteiger partial charge in [-0.05, 0) is 87.6 Å². The van der Waals surface area contributed by atoms with Crippen LogP contribution in [0.15, 0.2) is 23.3 Å². The van der Waals surface area contributed by atoms with E-state index in [9.17, 15) is 0 Å². The molecule has 2 heterocycles. The Morgan fingerprint density at radius 1 is 0.962 bits per heavy atom. The molecule has 2 heteroatoms. The molecule has 0 aromatic heterocycles. The van der Waals surface area contributed by atoms with Gasteiger partial charge in [-0.3, -0.25) is 0 Å². The Hall–Kier alpha value is -0.600. The number of nitrogens with one attached hydrogen (secondary N) is 2. The molecule has 1 spiro atoms. The highest BCUT2D eigenvalue weighted by atomic mass is 14.9. The van der Waals surface area contributed by atoms with Gasteiger partial charge in [0.1, 0.15) is 0 Å². The Bertz CT molecular complexity index is 510. The Labute approximate surface area is 162 Å². The van der Waals surface area contributed by atoms with E-state index in [1.54, 1.807) is 11.1 Å². The first-order valence-electron chi connectivity index (χ1n) is 11.3. The van der Waals surface area contributed by atoms with Crippen LogP contribution in [0.2, 0.25) is 0 Å². The minimum Gasteiger partial charge on any atom is -0.317 e. The Kier molecular flexibility index (Phi) is 7.02. The molecule has 3 aliphatic rings. The zero-order chi connectivity index (χ0) is 18.6. The van der Waals surface area contributed by atoms with Crippen molar-refractivity contribution in [3.05, 3.63) is 23.3 Å². The molecule has 3 rings (SSSR count). The van der Waals surface area contributed by atoms with Crippen LogP contribution in [0, 0.1) is 23.2 Å². The lowest BCUT2D eigenvalue weighted by atomic mass is 9.67. The maximum absolute atomic E-state index is 3.66. The van der Waals surface area contributed by atoms with Gasteiger partial charge in [-0.2, -0.15) is 0 Å². The SMILES string of the molecule is CC(CCC(C)C1=CCNC(C(C)C)C1)C1=CCC2(CCNCC2)CC1. The van der Waals surface area contributed by atoms with Gasteiger partial charge in [0.2, 0.25) is 0 Å².